The van der Waals surface area contributed by atoms with Crippen LogP contribution in [0.5, 0.6) is 0 Å². The van der Waals surface area contributed by atoms with Gasteiger partial charge in [0.1, 0.15) is 0 Å². The Hall–Kier alpha value is 0.0900. The van der Waals surface area contributed by atoms with E-state index in [4.69, 9.17) is 0 Å². The lowest BCUT2D eigenvalue weighted by molar-refractivity contribution is 0.388. The molecule has 0 aliphatic rings. The zero-order valence-corrected chi connectivity index (χ0v) is 16.4. The summed E-state index contributed by atoms with van der Waals surface area (Å²) in [7, 11) is -3.36. The van der Waals surface area contributed by atoms with E-state index >= 15 is 0 Å². The number of hydrogen-bond acceptors (Lipinski definition) is 3. The normalized spacial score (nSPS) is 12.2. The Morgan fingerprint density at radius 2 is 1.62 bits per heavy atom. The second-order valence-electron chi connectivity index (χ2n) is 5.29. The van der Waals surface area contributed by atoms with E-state index in [0.717, 1.165) is 47.2 Å². The zero-order chi connectivity index (χ0) is 15.9. The SMILES string of the molecule is CCCCCN(CCCCC)S(=O)(=O)c1cc(Br)sc1C. The number of halogens is 1. The van der Waals surface area contributed by atoms with Gasteiger partial charge in [-0.15, -0.1) is 11.3 Å². The molecule has 1 aromatic rings. The largest absolute Gasteiger partial charge is 0.244 e. The second-order valence-corrected chi connectivity index (χ2v) is 9.83. The fraction of sp³-hybridized carbons (Fsp3) is 0.733. The molecule has 0 radical (unpaired) electrons. The van der Waals surface area contributed by atoms with Crippen LogP contribution in [0.3, 0.4) is 0 Å². The highest BCUT2D eigenvalue weighted by molar-refractivity contribution is 9.11. The predicted molar refractivity (Wildman–Crippen MR) is 94.6 cm³/mol. The first kappa shape index (κ1) is 19.1. The molecule has 0 spiro atoms. The highest BCUT2D eigenvalue weighted by Gasteiger charge is 2.26. The Kier molecular flexibility index (Phi) is 8.46. The van der Waals surface area contributed by atoms with Gasteiger partial charge in [0.15, 0.2) is 0 Å². The van der Waals surface area contributed by atoms with Crippen molar-refractivity contribution in [2.45, 2.75) is 64.2 Å². The maximum absolute atomic E-state index is 12.9. The summed E-state index contributed by atoms with van der Waals surface area (Å²) in [5.74, 6) is 0. The molecule has 3 nitrogen and oxygen atoms in total. The van der Waals surface area contributed by atoms with Crippen LogP contribution in [-0.4, -0.2) is 25.8 Å². The highest BCUT2D eigenvalue weighted by atomic mass is 79.9. The molecule has 0 aliphatic heterocycles. The summed E-state index contributed by atoms with van der Waals surface area (Å²) >= 11 is 4.87. The summed E-state index contributed by atoms with van der Waals surface area (Å²) in [6.45, 7) is 7.41. The topological polar surface area (TPSA) is 37.4 Å². The maximum atomic E-state index is 12.9. The van der Waals surface area contributed by atoms with Gasteiger partial charge in [0, 0.05) is 18.0 Å². The molecular formula is C15H26BrNO2S2. The van der Waals surface area contributed by atoms with Crippen LogP contribution in [0.4, 0.5) is 0 Å². The molecule has 21 heavy (non-hydrogen) atoms. The fourth-order valence-corrected chi connectivity index (χ4v) is 6.15. The van der Waals surface area contributed by atoms with Gasteiger partial charge in [-0.2, -0.15) is 4.31 Å². The minimum absolute atomic E-state index is 0.465. The van der Waals surface area contributed by atoms with E-state index in [1.807, 2.05) is 6.92 Å². The minimum atomic E-state index is -3.36. The maximum Gasteiger partial charge on any atom is 0.244 e. The Balaban J connectivity index is 2.90. The van der Waals surface area contributed by atoms with Gasteiger partial charge in [-0.1, -0.05) is 39.5 Å². The Morgan fingerprint density at radius 3 is 2.00 bits per heavy atom. The molecular weight excluding hydrogens is 370 g/mol. The van der Waals surface area contributed by atoms with E-state index in [-0.39, 0.29) is 0 Å². The van der Waals surface area contributed by atoms with E-state index in [9.17, 15) is 8.42 Å². The van der Waals surface area contributed by atoms with Gasteiger partial charge in [0.25, 0.3) is 0 Å². The lowest BCUT2D eigenvalue weighted by Crippen LogP contribution is -2.33. The molecule has 0 N–H and O–H groups in total. The first-order valence-electron chi connectivity index (χ1n) is 7.69. The van der Waals surface area contributed by atoms with Crippen molar-refractivity contribution in [3.63, 3.8) is 0 Å². The molecule has 122 valence electrons. The van der Waals surface area contributed by atoms with Crippen molar-refractivity contribution < 1.29 is 8.42 Å². The lowest BCUT2D eigenvalue weighted by Gasteiger charge is -2.22. The van der Waals surface area contributed by atoms with E-state index in [0.29, 0.717) is 18.0 Å². The van der Waals surface area contributed by atoms with Gasteiger partial charge in [-0.05, 0) is 41.8 Å². The molecule has 0 bridgehead atoms. The van der Waals surface area contributed by atoms with Crippen LogP contribution in [-0.2, 0) is 10.0 Å². The molecule has 0 aliphatic carbocycles. The molecule has 0 atom stereocenters. The van der Waals surface area contributed by atoms with Crippen LogP contribution in [0, 0.1) is 6.92 Å². The van der Waals surface area contributed by atoms with Gasteiger partial charge in [-0.3, -0.25) is 0 Å². The van der Waals surface area contributed by atoms with Crippen LogP contribution in [0.2, 0.25) is 0 Å². The minimum Gasteiger partial charge on any atom is -0.207 e. The molecule has 0 amide bonds. The third-order valence-electron chi connectivity index (χ3n) is 3.48. The number of sulfonamides is 1. The first-order chi connectivity index (χ1) is 9.93. The molecule has 1 aromatic heterocycles. The summed E-state index contributed by atoms with van der Waals surface area (Å²) in [5, 5.41) is 0. The summed E-state index contributed by atoms with van der Waals surface area (Å²) in [6, 6.07) is 1.74. The molecule has 1 heterocycles. The zero-order valence-electron chi connectivity index (χ0n) is 13.2. The van der Waals surface area contributed by atoms with Crippen LogP contribution in [0.1, 0.15) is 57.2 Å². The molecule has 0 saturated heterocycles. The van der Waals surface area contributed by atoms with Crippen molar-refractivity contribution in [1.82, 2.24) is 4.31 Å². The van der Waals surface area contributed by atoms with E-state index < -0.39 is 10.0 Å². The molecule has 0 unspecified atom stereocenters. The standard InChI is InChI=1S/C15H26BrNO2S2/c1-4-6-8-10-17(11-9-7-5-2)21(18,19)14-12-15(16)20-13(14)3/h12H,4-11H2,1-3H3. The van der Waals surface area contributed by atoms with Crippen molar-refractivity contribution in [3.05, 3.63) is 14.7 Å². The van der Waals surface area contributed by atoms with Gasteiger partial charge < -0.3 is 0 Å². The third-order valence-corrected chi connectivity index (χ3v) is 7.19. The average Bonchev–Trinajstić information content (AvgIpc) is 2.77. The summed E-state index contributed by atoms with van der Waals surface area (Å²) in [4.78, 5) is 1.32. The lowest BCUT2D eigenvalue weighted by atomic mass is 10.2. The number of aryl methyl sites for hydroxylation is 1. The van der Waals surface area contributed by atoms with Crippen LogP contribution in [0.25, 0.3) is 0 Å². The van der Waals surface area contributed by atoms with Crippen molar-refractivity contribution >= 4 is 37.3 Å². The molecule has 0 saturated carbocycles. The van der Waals surface area contributed by atoms with Crippen LogP contribution < -0.4 is 0 Å². The number of hydrogen-bond donors (Lipinski definition) is 0. The Labute approximate surface area is 141 Å². The van der Waals surface area contributed by atoms with E-state index in [1.54, 1.807) is 10.4 Å². The van der Waals surface area contributed by atoms with Gasteiger partial charge in [0.2, 0.25) is 10.0 Å². The second kappa shape index (κ2) is 9.28. The van der Waals surface area contributed by atoms with Crippen molar-refractivity contribution in [2.24, 2.45) is 0 Å². The van der Waals surface area contributed by atoms with Crippen LogP contribution in [0.15, 0.2) is 14.7 Å². The first-order valence-corrected chi connectivity index (χ1v) is 10.7. The van der Waals surface area contributed by atoms with E-state index in [1.165, 1.54) is 11.3 Å². The van der Waals surface area contributed by atoms with Crippen LogP contribution >= 0.6 is 27.3 Å². The smallest absolute Gasteiger partial charge is 0.207 e. The van der Waals surface area contributed by atoms with E-state index in [2.05, 4.69) is 29.8 Å². The Morgan fingerprint density at radius 1 is 1.10 bits per heavy atom. The molecule has 0 fully saturated rings. The summed E-state index contributed by atoms with van der Waals surface area (Å²) in [6.07, 6.45) is 6.23. The summed E-state index contributed by atoms with van der Waals surface area (Å²) < 4.78 is 28.3. The van der Waals surface area contributed by atoms with Gasteiger partial charge >= 0.3 is 0 Å². The number of rotatable bonds is 10. The Bertz CT molecular complexity index is 516. The number of unbranched alkanes of at least 4 members (excludes halogenated alkanes) is 4. The van der Waals surface area contributed by atoms with Crippen molar-refractivity contribution in [1.29, 1.82) is 0 Å². The quantitative estimate of drug-likeness (QED) is 0.511. The number of nitrogens with zero attached hydrogens (tertiary/aromatic N) is 1. The summed E-state index contributed by atoms with van der Waals surface area (Å²) in [5.41, 5.74) is 0. The van der Waals surface area contributed by atoms with Crippen molar-refractivity contribution in [2.75, 3.05) is 13.1 Å². The third kappa shape index (κ3) is 5.66. The predicted octanol–water partition coefficient (Wildman–Crippen LogP) is 5.19. The fourth-order valence-electron chi connectivity index (χ4n) is 2.25. The molecule has 6 heteroatoms. The average molecular weight is 396 g/mol. The number of thiophene rings is 1. The molecule has 1 rings (SSSR count). The monoisotopic (exact) mass is 395 g/mol. The van der Waals surface area contributed by atoms with Crippen molar-refractivity contribution in [3.8, 4) is 0 Å². The van der Waals surface area contributed by atoms with Gasteiger partial charge in [0.05, 0.1) is 8.68 Å². The molecule has 0 aromatic carbocycles. The highest BCUT2D eigenvalue weighted by Crippen LogP contribution is 2.31. The van der Waals surface area contributed by atoms with Gasteiger partial charge in [-0.25, -0.2) is 8.42 Å².